The zero-order valence-corrected chi connectivity index (χ0v) is 12.8. The maximum atomic E-state index is 4.66. The Kier molecular flexibility index (Phi) is 4.04. The van der Waals surface area contributed by atoms with Gasteiger partial charge in [-0.25, -0.2) is 4.98 Å². The summed E-state index contributed by atoms with van der Waals surface area (Å²) in [6.07, 6.45) is 5.67. The lowest BCUT2D eigenvalue weighted by atomic mass is 10.1. The Balaban J connectivity index is 1.79. The van der Waals surface area contributed by atoms with Gasteiger partial charge in [-0.3, -0.25) is 0 Å². The fourth-order valence-electron chi connectivity index (χ4n) is 2.78. The van der Waals surface area contributed by atoms with Gasteiger partial charge in [0, 0.05) is 25.0 Å². The summed E-state index contributed by atoms with van der Waals surface area (Å²) in [5, 5.41) is 3.33. The molecule has 0 unspecified atom stereocenters. The topological polar surface area (TPSA) is 41.1 Å². The molecule has 1 aliphatic heterocycles. The molecule has 0 aliphatic carbocycles. The Hall–Kier alpha value is -2.10. The first-order chi connectivity index (χ1) is 10.2. The van der Waals surface area contributed by atoms with Crippen molar-refractivity contribution in [3.8, 4) is 0 Å². The number of hydrogen-bond donors (Lipinski definition) is 1. The summed E-state index contributed by atoms with van der Waals surface area (Å²) in [5.41, 5.74) is 3.54. The number of piperidine rings is 1. The van der Waals surface area contributed by atoms with Crippen molar-refractivity contribution in [3.63, 3.8) is 0 Å². The van der Waals surface area contributed by atoms with Crippen molar-refractivity contribution in [1.29, 1.82) is 0 Å². The molecule has 4 heteroatoms. The molecule has 21 heavy (non-hydrogen) atoms. The highest BCUT2D eigenvalue weighted by Gasteiger charge is 2.12. The van der Waals surface area contributed by atoms with E-state index in [1.807, 2.05) is 12.3 Å². The highest BCUT2D eigenvalue weighted by molar-refractivity contribution is 5.59. The minimum atomic E-state index is 0.671. The van der Waals surface area contributed by atoms with E-state index in [4.69, 9.17) is 0 Å². The molecule has 110 valence electrons. The second-order valence-electron chi connectivity index (χ2n) is 5.73. The summed E-state index contributed by atoms with van der Waals surface area (Å²) < 4.78 is 0. The molecule has 0 bridgehead atoms. The third-order valence-corrected chi connectivity index (χ3v) is 3.95. The molecule has 0 radical (unpaired) electrons. The average Bonchev–Trinajstić information content (AvgIpc) is 2.51. The minimum Gasteiger partial charge on any atom is -0.356 e. The summed E-state index contributed by atoms with van der Waals surface area (Å²) in [6, 6.07) is 8.35. The van der Waals surface area contributed by atoms with E-state index in [9.17, 15) is 0 Å². The molecule has 1 fully saturated rings. The number of nitrogens with one attached hydrogen (secondary N) is 1. The van der Waals surface area contributed by atoms with Gasteiger partial charge in [0.25, 0.3) is 0 Å². The van der Waals surface area contributed by atoms with E-state index in [1.165, 1.54) is 30.4 Å². The van der Waals surface area contributed by atoms with E-state index in [-0.39, 0.29) is 0 Å². The maximum Gasteiger partial charge on any atom is 0.229 e. The smallest absolute Gasteiger partial charge is 0.229 e. The molecule has 2 heterocycles. The monoisotopic (exact) mass is 282 g/mol. The van der Waals surface area contributed by atoms with Crippen LogP contribution >= 0.6 is 0 Å². The van der Waals surface area contributed by atoms with Crippen molar-refractivity contribution < 1.29 is 0 Å². The predicted octanol–water partition coefficient (Wildman–Crippen LogP) is 3.83. The summed E-state index contributed by atoms with van der Waals surface area (Å²) >= 11 is 0. The first kappa shape index (κ1) is 13.9. The Morgan fingerprint density at radius 1 is 1.05 bits per heavy atom. The fraction of sp³-hybridized carbons (Fsp3) is 0.412. The lowest BCUT2D eigenvalue weighted by Crippen LogP contribution is -2.30. The summed E-state index contributed by atoms with van der Waals surface area (Å²) in [6.45, 7) is 6.40. The van der Waals surface area contributed by atoms with E-state index in [2.05, 4.69) is 52.2 Å². The number of nitrogens with zero attached hydrogens (tertiary/aromatic N) is 3. The SMILES string of the molecule is Cc1ccc(Nc2nccc(N3CCCCC3)n2)c(C)c1. The van der Waals surface area contributed by atoms with Crippen molar-refractivity contribution >= 4 is 17.5 Å². The summed E-state index contributed by atoms with van der Waals surface area (Å²) in [5.74, 6) is 1.70. The first-order valence-corrected chi connectivity index (χ1v) is 7.65. The summed E-state index contributed by atoms with van der Waals surface area (Å²) in [4.78, 5) is 11.3. The van der Waals surface area contributed by atoms with Gasteiger partial charge in [0.15, 0.2) is 0 Å². The lowest BCUT2D eigenvalue weighted by molar-refractivity contribution is 0.573. The molecule has 1 N–H and O–H groups in total. The van der Waals surface area contributed by atoms with Crippen molar-refractivity contribution in [2.45, 2.75) is 33.1 Å². The van der Waals surface area contributed by atoms with Gasteiger partial charge < -0.3 is 10.2 Å². The van der Waals surface area contributed by atoms with Crippen LogP contribution in [0, 0.1) is 13.8 Å². The van der Waals surface area contributed by atoms with Crippen LogP contribution in [0.3, 0.4) is 0 Å². The second kappa shape index (κ2) is 6.12. The predicted molar refractivity (Wildman–Crippen MR) is 87.3 cm³/mol. The number of anilines is 3. The molecule has 0 spiro atoms. The largest absolute Gasteiger partial charge is 0.356 e. The first-order valence-electron chi connectivity index (χ1n) is 7.65. The molecule has 1 saturated heterocycles. The molecule has 1 aromatic heterocycles. The van der Waals surface area contributed by atoms with Gasteiger partial charge in [0.2, 0.25) is 5.95 Å². The van der Waals surface area contributed by atoms with Crippen molar-refractivity contribution in [2.75, 3.05) is 23.3 Å². The lowest BCUT2D eigenvalue weighted by Gasteiger charge is -2.27. The Morgan fingerprint density at radius 2 is 1.86 bits per heavy atom. The van der Waals surface area contributed by atoms with Crippen LogP contribution in [0.1, 0.15) is 30.4 Å². The Bertz CT molecular complexity index is 618. The van der Waals surface area contributed by atoms with Gasteiger partial charge >= 0.3 is 0 Å². The molecule has 0 saturated carbocycles. The van der Waals surface area contributed by atoms with E-state index in [0.717, 1.165) is 24.6 Å². The van der Waals surface area contributed by atoms with Crippen LogP contribution in [0.5, 0.6) is 0 Å². The minimum absolute atomic E-state index is 0.671. The van der Waals surface area contributed by atoms with Gasteiger partial charge in [-0.2, -0.15) is 4.98 Å². The van der Waals surface area contributed by atoms with E-state index >= 15 is 0 Å². The van der Waals surface area contributed by atoms with Crippen LogP contribution in [0.4, 0.5) is 17.5 Å². The Morgan fingerprint density at radius 3 is 2.62 bits per heavy atom. The Labute approximate surface area is 126 Å². The van der Waals surface area contributed by atoms with Crippen molar-refractivity contribution in [1.82, 2.24) is 9.97 Å². The van der Waals surface area contributed by atoms with Gasteiger partial charge in [-0.1, -0.05) is 17.7 Å². The number of aromatic nitrogens is 2. The number of aryl methyl sites for hydroxylation is 2. The molecule has 0 amide bonds. The van der Waals surface area contributed by atoms with Crippen molar-refractivity contribution in [3.05, 3.63) is 41.6 Å². The fourth-order valence-corrected chi connectivity index (χ4v) is 2.78. The zero-order valence-electron chi connectivity index (χ0n) is 12.8. The van der Waals surface area contributed by atoms with Crippen LogP contribution in [0.2, 0.25) is 0 Å². The van der Waals surface area contributed by atoms with Gasteiger partial charge in [-0.05, 0) is 50.8 Å². The number of benzene rings is 1. The van der Waals surface area contributed by atoms with Crippen LogP contribution < -0.4 is 10.2 Å². The molecule has 0 atom stereocenters. The summed E-state index contributed by atoms with van der Waals surface area (Å²) in [7, 11) is 0. The third kappa shape index (κ3) is 3.32. The standard InChI is InChI=1S/C17H22N4/c1-13-6-7-15(14(2)12-13)19-17-18-9-8-16(20-17)21-10-4-3-5-11-21/h6-9,12H,3-5,10-11H2,1-2H3,(H,18,19,20). The van der Waals surface area contributed by atoms with Gasteiger partial charge in [0.05, 0.1) is 0 Å². The number of rotatable bonds is 3. The molecule has 2 aromatic rings. The third-order valence-electron chi connectivity index (χ3n) is 3.95. The zero-order chi connectivity index (χ0) is 14.7. The van der Waals surface area contributed by atoms with Gasteiger partial charge in [-0.15, -0.1) is 0 Å². The highest BCUT2D eigenvalue weighted by atomic mass is 15.2. The molecule has 4 nitrogen and oxygen atoms in total. The number of hydrogen-bond acceptors (Lipinski definition) is 4. The van der Waals surface area contributed by atoms with Crippen LogP contribution in [-0.4, -0.2) is 23.1 Å². The van der Waals surface area contributed by atoms with Crippen LogP contribution in [0.25, 0.3) is 0 Å². The molecular weight excluding hydrogens is 260 g/mol. The molecule has 1 aromatic carbocycles. The maximum absolute atomic E-state index is 4.66. The van der Waals surface area contributed by atoms with Gasteiger partial charge in [0.1, 0.15) is 5.82 Å². The quantitative estimate of drug-likeness (QED) is 0.929. The molecule has 1 aliphatic rings. The van der Waals surface area contributed by atoms with Crippen LogP contribution in [0.15, 0.2) is 30.5 Å². The van der Waals surface area contributed by atoms with E-state index < -0.39 is 0 Å². The second-order valence-corrected chi connectivity index (χ2v) is 5.73. The molecule has 3 rings (SSSR count). The highest BCUT2D eigenvalue weighted by Crippen LogP contribution is 2.22. The van der Waals surface area contributed by atoms with Crippen LogP contribution in [-0.2, 0) is 0 Å². The normalized spacial score (nSPS) is 15.0. The van der Waals surface area contributed by atoms with E-state index in [1.54, 1.807) is 0 Å². The molecular formula is C17H22N4. The van der Waals surface area contributed by atoms with Crippen molar-refractivity contribution in [2.24, 2.45) is 0 Å². The average molecular weight is 282 g/mol. The van der Waals surface area contributed by atoms with E-state index in [0.29, 0.717) is 5.95 Å².